The van der Waals surface area contributed by atoms with Crippen molar-refractivity contribution in [3.05, 3.63) is 62.3 Å². The Hall–Kier alpha value is -1.39. The van der Waals surface area contributed by atoms with Crippen LogP contribution in [0.4, 0.5) is 0 Å². The number of amides is 1. The number of halogens is 1. The fourth-order valence-electron chi connectivity index (χ4n) is 1.82. The van der Waals surface area contributed by atoms with E-state index in [2.05, 4.69) is 22.0 Å². The highest BCUT2D eigenvalue weighted by atomic mass is 79.9. The van der Waals surface area contributed by atoms with Gasteiger partial charge in [-0.3, -0.25) is 4.79 Å². The summed E-state index contributed by atoms with van der Waals surface area (Å²) in [6, 6.07) is 10.1. The van der Waals surface area contributed by atoms with Gasteiger partial charge in [0.25, 0.3) is 0 Å². The van der Waals surface area contributed by atoms with E-state index >= 15 is 0 Å². The molecule has 104 valence electrons. The number of hydrogen-bond acceptors (Lipinski definition) is 2. The maximum Gasteiger partial charge on any atom is 0.246 e. The highest BCUT2D eigenvalue weighted by Crippen LogP contribution is 2.20. The summed E-state index contributed by atoms with van der Waals surface area (Å²) in [6.07, 6.45) is 3.48. The van der Waals surface area contributed by atoms with Crippen molar-refractivity contribution >= 4 is 39.2 Å². The summed E-state index contributed by atoms with van der Waals surface area (Å²) >= 11 is 5.07. The molecule has 0 atom stereocenters. The molecule has 0 spiro atoms. The minimum atomic E-state index is 0.0102. The molecule has 0 unspecified atom stereocenters. The zero-order valence-corrected chi connectivity index (χ0v) is 13.9. The van der Waals surface area contributed by atoms with Crippen LogP contribution in [0.3, 0.4) is 0 Å². The number of hydrogen-bond donors (Lipinski definition) is 0. The lowest BCUT2D eigenvalue weighted by Crippen LogP contribution is -2.23. The van der Waals surface area contributed by atoms with E-state index in [4.69, 9.17) is 0 Å². The largest absolute Gasteiger partial charge is 0.337 e. The van der Waals surface area contributed by atoms with Crippen molar-refractivity contribution in [2.24, 2.45) is 0 Å². The molecule has 1 aromatic carbocycles. The van der Waals surface area contributed by atoms with Crippen LogP contribution in [0.1, 0.15) is 16.0 Å². The average molecular weight is 350 g/mol. The Morgan fingerprint density at radius 1 is 1.40 bits per heavy atom. The molecule has 1 aromatic heterocycles. The van der Waals surface area contributed by atoms with Gasteiger partial charge in [0.05, 0.1) is 6.54 Å². The fraction of sp³-hybridized carbons (Fsp3) is 0.188. The minimum Gasteiger partial charge on any atom is -0.337 e. The topological polar surface area (TPSA) is 20.3 Å². The molecule has 0 saturated heterocycles. The molecule has 0 fully saturated rings. The molecule has 0 aliphatic heterocycles. The van der Waals surface area contributed by atoms with E-state index in [1.54, 1.807) is 22.3 Å². The molecule has 0 N–H and O–H groups in total. The van der Waals surface area contributed by atoms with Crippen LogP contribution in [0.25, 0.3) is 6.08 Å². The second-order valence-electron chi connectivity index (χ2n) is 4.67. The van der Waals surface area contributed by atoms with E-state index < -0.39 is 0 Å². The lowest BCUT2D eigenvalue weighted by atomic mass is 10.1. The number of carbonyl (C=O) groups excluding carboxylic acids is 1. The summed E-state index contributed by atoms with van der Waals surface area (Å²) in [5.41, 5.74) is 2.24. The predicted molar refractivity (Wildman–Crippen MR) is 88.7 cm³/mol. The summed E-state index contributed by atoms with van der Waals surface area (Å²) in [7, 11) is 1.82. The summed E-state index contributed by atoms with van der Waals surface area (Å²) in [5, 5.41) is 2.02. The number of thiophene rings is 1. The first-order valence-corrected chi connectivity index (χ1v) is 7.94. The van der Waals surface area contributed by atoms with Gasteiger partial charge in [0.2, 0.25) is 5.91 Å². The number of aryl methyl sites for hydroxylation is 1. The van der Waals surface area contributed by atoms with Gasteiger partial charge >= 0.3 is 0 Å². The zero-order chi connectivity index (χ0) is 14.5. The molecular weight excluding hydrogens is 334 g/mol. The first-order valence-electron chi connectivity index (χ1n) is 6.27. The summed E-state index contributed by atoms with van der Waals surface area (Å²) < 4.78 is 1.06. The Bertz CT molecular complexity index is 633. The van der Waals surface area contributed by atoms with Gasteiger partial charge in [-0.2, -0.15) is 0 Å². The van der Waals surface area contributed by atoms with Gasteiger partial charge in [-0.1, -0.05) is 29.8 Å². The molecule has 0 aliphatic carbocycles. The predicted octanol–water partition coefficient (Wildman–Crippen LogP) is 4.49. The van der Waals surface area contributed by atoms with Gasteiger partial charge < -0.3 is 4.90 Å². The summed E-state index contributed by atoms with van der Waals surface area (Å²) in [6.45, 7) is 2.67. The Kier molecular flexibility index (Phi) is 5.15. The van der Waals surface area contributed by atoms with E-state index in [1.165, 1.54) is 5.56 Å². The van der Waals surface area contributed by atoms with Gasteiger partial charge in [0.15, 0.2) is 0 Å². The third-order valence-electron chi connectivity index (χ3n) is 2.85. The molecule has 0 saturated carbocycles. The van der Waals surface area contributed by atoms with Gasteiger partial charge in [-0.05, 0) is 40.6 Å². The normalized spacial score (nSPS) is 10.9. The SMILES string of the molecule is Cc1cccc(/C=C/C(=O)N(C)Cc2cc(Br)cs2)c1. The lowest BCUT2D eigenvalue weighted by Gasteiger charge is -2.13. The highest BCUT2D eigenvalue weighted by molar-refractivity contribution is 9.10. The number of likely N-dealkylation sites (N-methyl/N-ethyl adjacent to an activating group) is 1. The smallest absolute Gasteiger partial charge is 0.246 e. The molecule has 2 nitrogen and oxygen atoms in total. The average Bonchev–Trinajstić information content (AvgIpc) is 2.81. The van der Waals surface area contributed by atoms with Crippen molar-refractivity contribution < 1.29 is 4.79 Å². The van der Waals surface area contributed by atoms with Crippen molar-refractivity contribution in [3.8, 4) is 0 Å². The third-order valence-corrected chi connectivity index (χ3v) is 4.53. The summed E-state index contributed by atoms with van der Waals surface area (Å²) in [5.74, 6) is 0.0102. The molecule has 0 aliphatic rings. The zero-order valence-electron chi connectivity index (χ0n) is 11.5. The fourth-order valence-corrected chi connectivity index (χ4v) is 3.32. The molecule has 1 heterocycles. The van der Waals surface area contributed by atoms with Crippen LogP contribution >= 0.6 is 27.3 Å². The summed E-state index contributed by atoms with van der Waals surface area (Å²) in [4.78, 5) is 14.9. The number of carbonyl (C=O) groups is 1. The molecule has 0 radical (unpaired) electrons. The Balaban J connectivity index is 1.97. The third kappa shape index (κ3) is 4.32. The van der Waals surface area contributed by atoms with Crippen molar-refractivity contribution in [2.75, 3.05) is 7.05 Å². The van der Waals surface area contributed by atoms with E-state index in [-0.39, 0.29) is 5.91 Å². The molecule has 4 heteroatoms. The molecule has 0 bridgehead atoms. The van der Waals surface area contributed by atoms with Crippen LogP contribution in [0.2, 0.25) is 0 Å². The van der Waals surface area contributed by atoms with Crippen LogP contribution < -0.4 is 0 Å². The first kappa shape index (κ1) is 15.0. The first-order chi connectivity index (χ1) is 9.54. The Morgan fingerprint density at radius 3 is 2.85 bits per heavy atom. The standard InChI is InChI=1S/C16H16BrNOS/c1-12-4-3-5-13(8-12)6-7-16(19)18(2)10-15-9-14(17)11-20-15/h3-9,11H,10H2,1-2H3/b7-6+. The number of benzene rings is 1. The number of nitrogens with zero attached hydrogens (tertiary/aromatic N) is 1. The maximum atomic E-state index is 12.0. The van der Waals surface area contributed by atoms with Gasteiger partial charge in [-0.15, -0.1) is 11.3 Å². The van der Waals surface area contributed by atoms with Crippen molar-refractivity contribution in [1.29, 1.82) is 0 Å². The Morgan fingerprint density at radius 2 is 2.20 bits per heavy atom. The van der Waals surface area contributed by atoms with Crippen molar-refractivity contribution in [3.63, 3.8) is 0 Å². The quantitative estimate of drug-likeness (QED) is 0.744. The van der Waals surface area contributed by atoms with E-state index in [9.17, 15) is 4.79 Å². The minimum absolute atomic E-state index is 0.0102. The molecule has 1 amide bonds. The molecule has 2 aromatic rings. The van der Waals surface area contributed by atoms with Crippen LogP contribution in [-0.4, -0.2) is 17.9 Å². The second kappa shape index (κ2) is 6.86. The van der Waals surface area contributed by atoms with Crippen LogP contribution in [-0.2, 0) is 11.3 Å². The highest BCUT2D eigenvalue weighted by Gasteiger charge is 2.07. The van der Waals surface area contributed by atoms with Crippen LogP contribution in [0.5, 0.6) is 0 Å². The number of rotatable bonds is 4. The van der Waals surface area contributed by atoms with Crippen LogP contribution in [0, 0.1) is 6.92 Å². The van der Waals surface area contributed by atoms with Gasteiger partial charge in [0.1, 0.15) is 0 Å². The van der Waals surface area contributed by atoms with E-state index in [0.717, 1.165) is 14.9 Å². The van der Waals surface area contributed by atoms with Crippen molar-refractivity contribution in [1.82, 2.24) is 4.90 Å². The van der Waals surface area contributed by atoms with Gasteiger partial charge in [-0.25, -0.2) is 0 Å². The Labute approximate surface area is 131 Å². The second-order valence-corrected chi connectivity index (χ2v) is 6.58. The lowest BCUT2D eigenvalue weighted by molar-refractivity contribution is -0.125. The molecule has 2 rings (SSSR count). The van der Waals surface area contributed by atoms with Crippen molar-refractivity contribution in [2.45, 2.75) is 13.5 Å². The molecular formula is C16H16BrNOS. The van der Waals surface area contributed by atoms with Crippen LogP contribution in [0.15, 0.2) is 46.3 Å². The van der Waals surface area contributed by atoms with Gasteiger partial charge in [0, 0.05) is 27.9 Å². The van der Waals surface area contributed by atoms with E-state index in [0.29, 0.717) is 6.54 Å². The van der Waals surface area contributed by atoms with E-state index in [1.807, 2.05) is 49.7 Å². The monoisotopic (exact) mass is 349 g/mol. The molecule has 20 heavy (non-hydrogen) atoms. The maximum absolute atomic E-state index is 12.0.